The summed E-state index contributed by atoms with van der Waals surface area (Å²) in [5.41, 5.74) is 9.00. The summed E-state index contributed by atoms with van der Waals surface area (Å²) in [6, 6.07) is 23.3. The fourth-order valence-electron chi connectivity index (χ4n) is 2.89. The lowest BCUT2D eigenvalue weighted by molar-refractivity contribution is 1.57. The molecule has 3 N–H and O–H groups in total. The minimum absolute atomic E-state index is 0.827. The first-order valence-electron chi connectivity index (χ1n) is 7.55. The van der Waals surface area contributed by atoms with Crippen LogP contribution >= 0.6 is 45.2 Å². The lowest BCUT2D eigenvalue weighted by atomic mass is 10.1. The van der Waals surface area contributed by atoms with Gasteiger partial charge in [0.05, 0.1) is 0 Å². The molecule has 0 fully saturated rings. The predicted molar refractivity (Wildman–Crippen MR) is 121 cm³/mol. The van der Waals surface area contributed by atoms with Gasteiger partial charge in [-0.3, -0.25) is 0 Å². The van der Waals surface area contributed by atoms with E-state index < -0.39 is 0 Å². The second-order valence-electron chi connectivity index (χ2n) is 5.71. The second-order valence-corrected chi connectivity index (χ2v) is 7.95. The van der Waals surface area contributed by atoms with Crippen molar-refractivity contribution >= 4 is 83.8 Å². The minimum Gasteiger partial charge on any atom is -0.398 e. The number of halogens is 2. The normalized spacial score (nSPS) is 11.1. The highest BCUT2D eigenvalue weighted by atomic mass is 127. The van der Waals surface area contributed by atoms with Crippen LogP contribution in [0.3, 0.4) is 0 Å². The molecule has 4 aromatic rings. The quantitative estimate of drug-likeness (QED) is 0.226. The first kappa shape index (κ1) is 16.0. The average Bonchev–Trinajstić information content (AvgIpc) is 2.58. The van der Waals surface area contributed by atoms with Crippen molar-refractivity contribution in [2.75, 3.05) is 11.1 Å². The molecule has 0 aromatic heterocycles. The van der Waals surface area contributed by atoms with E-state index in [4.69, 9.17) is 5.73 Å². The molecule has 0 amide bonds. The predicted octanol–water partition coefficient (Wildman–Crippen LogP) is 6.53. The number of hydrogen-bond acceptors (Lipinski definition) is 2. The van der Waals surface area contributed by atoms with Crippen LogP contribution in [-0.2, 0) is 0 Å². The standard InChI is InChI=1S/C20H14I2N2/c21-18-11-15(10-12-3-1-2-4-16(12)18)24-14-6-7-17-13(9-14)5-8-19(23)20(17)22/h1-11,24H,23H2. The molecular weight excluding hydrogens is 522 g/mol. The van der Waals surface area contributed by atoms with E-state index in [1.807, 2.05) is 6.07 Å². The van der Waals surface area contributed by atoms with Crippen LogP contribution in [0.2, 0.25) is 0 Å². The summed E-state index contributed by atoms with van der Waals surface area (Å²) in [6.45, 7) is 0. The van der Waals surface area contributed by atoms with E-state index in [2.05, 4.69) is 111 Å². The van der Waals surface area contributed by atoms with Gasteiger partial charge in [0, 0.05) is 24.2 Å². The maximum atomic E-state index is 5.99. The third kappa shape index (κ3) is 2.93. The van der Waals surface area contributed by atoms with Crippen molar-refractivity contribution in [3.05, 3.63) is 73.9 Å². The highest BCUT2D eigenvalue weighted by Gasteiger charge is 2.05. The van der Waals surface area contributed by atoms with E-state index in [1.165, 1.54) is 25.1 Å². The molecule has 0 aliphatic carbocycles. The lowest BCUT2D eigenvalue weighted by Crippen LogP contribution is -1.93. The Morgan fingerprint density at radius 3 is 2.33 bits per heavy atom. The van der Waals surface area contributed by atoms with Crippen molar-refractivity contribution in [1.82, 2.24) is 0 Å². The van der Waals surface area contributed by atoms with Gasteiger partial charge in [0.25, 0.3) is 0 Å². The molecule has 24 heavy (non-hydrogen) atoms. The third-order valence-electron chi connectivity index (χ3n) is 4.08. The Kier molecular flexibility index (Phi) is 4.26. The Morgan fingerprint density at radius 2 is 1.46 bits per heavy atom. The maximum Gasteiger partial charge on any atom is 0.0456 e. The van der Waals surface area contributed by atoms with Gasteiger partial charge in [-0.15, -0.1) is 0 Å². The number of anilines is 3. The van der Waals surface area contributed by atoms with E-state index in [0.29, 0.717) is 0 Å². The molecule has 118 valence electrons. The lowest BCUT2D eigenvalue weighted by Gasteiger charge is -2.11. The van der Waals surface area contributed by atoms with Crippen molar-refractivity contribution in [3.8, 4) is 0 Å². The molecule has 0 unspecified atom stereocenters. The van der Waals surface area contributed by atoms with Crippen LogP contribution in [0.25, 0.3) is 21.5 Å². The largest absolute Gasteiger partial charge is 0.398 e. The number of benzene rings is 4. The molecule has 2 nitrogen and oxygen atoms in total. The average molecular weight is 536 g/mol. The SMILES string of the molecule is Nc1ccc2cc(Nc3cc(I)c4ccccc4c3)ccc2c1I. The van der Waals surface area contributed by atoms with Crippen LogP contribution in [0.5, 0.6) is 0 Å². The second kappa shape index (κ2) is 6.40. The molecule has 0 heterocycles. The zero-order valence-corrected chi connectivity index (χ0v) is 17.0. The molecule has 4 aromatic carbocycles. The van der Waals surface area contributed by atoms with E-state index in [1.54, 1.807) is 0 Å². The van der Waals surface area contributed by atoms with E-state index in [0.717, 1.165) is 20.6 Å². The van der Waals surface area contributed by atoms with Crippen molar-refractivity contribution in [3.63, 3.8) is 0 Å². The number of nitrogens with one attached hydrogen (secondary N) is 1. The molecule has 0 aliphatic heterocycles. The van der Waals surface area contributed by atoms with Crippen LogP contribution in [0, 0.1) is 7.14 Å². The first-order valence-corrected chi connectivity index (χ1v) is 9.70. The topological polar surface area (TPSA) is 38.0 Å². The van der Waals surface area contributed by atoms with E-state index in [9.17, 15) is 0 Å². The smallest absolute Gasteiger partial charge is 0.0456 e. The fraction of sp³-hybridized carbons (Fsp3) is 0. The van der Waals surface area contributed by atoms with E-state index in [-0.39, 0.29) is 0 Å². The van der Waals surface area contributed by atoms with Gasteiger partial charge in [-0.05, 0) is 97.1 Å². The van der Waals surface area contributed by atoms with Gasteiger partial charge in [-0.2, -0.15) is 0 Å². The highest BCUT2D eigenvalue weighted by Crippen LogP contribution is 2.31. The number of hydrogen-bond donors (Lipinski definition) is 2. The van der Waals surface area contributed by atoms with Crippen molar-refractivity contribution < 1.29 is 0 Å². The summed E-state index contributed by atoms with van der Waals surface area (Å²) in [7, 11) is 0. The molecule has 0 saturated carbocycles. The molecule has 4 rings (SSSR count). The fourth-order valence-corrected chi connectivity index (χ4v) is 4.39. The monoisotopic (exact) mass is 536 g/mol. The van der Waals surface area contributed by atoms with Crippen molar-refractivity contribution in [2.45, 2.75) is 0 Å². The van der Waals surface area contributed by atoms with Gasteiger partial charge >= 0.3 is 0 Å². The Bertz CT molecular complexity index is 1070. The summed E-state index contributed by atoms with van der Waals surface area (Å²) < 4.78 is 2.35. The van der Waals surface area contributed by atoms with Gasteiger partial charge in [-0.1, -0.05) is 36.4 Å². The van der Waals surface area contributed by atoms with Gasteiger partial charge in [0.1, 0.15) is 0 Å². The minimum atomic E-state index is 0.827. The molecule has 0 aliphatic rings. The third-order valence-corrected chi connectivity index (χ3v) is 6.18. The molecule has 4 heteroatoms. The number of fused-ring (bicyclic) bond motifs is 2. The Morgan fingerprint density at radius 1 is 0.708 bits per heavy atom. The van der Waals surface area contributed by atoms with Gasteiger partial charge in [-0.25, -0.2) is 0 Å². The number of rotatable bonds is 2. The molecule has 0 bridgehead atoms. The molecule has 0 atom stereocenters. The van der Waals surface area contributed by atoms with Gasteiger partial charge < -0.3 is 11.1 Å². The molecular formula is C20H14I2N2. The van der Waals surface area contributed by atoms with Crippen LogP contribution in [0.4, 0.5) is 17.1 Å². The number of nitrogens with two attached hydrogens (primary N) is 1. The Labute approximate surface area is 167 Å². The number of nitrogen functional groups attached to an aromatic ring is 1. The summed E-state index contributed by atoms with van der Waals surface area (Å²) >= 11 is 4.70. The van der Waals surface area contributed by atoms with E-state index >= 15 is 0 Å². The Balaban J connectivity index is 1.75. The van der Waals surface area contributed by atoms with Crippen LogP contribution in [-0.4, -0.2) is 0 Å². The van der Waals surface area contributed by atoms with Crippen LogP contribution in [0.15, 0.2) is 66.7 Å². The van der Waals surface area contributed by atoms with Crippen molar-refractivity contribution in [2.24, 2.45) is 0 Å². The molecule has 0 spiro atoms. The highest BCUT2D eigenvalue weighted by molar-refractivity contribution is 14.1. The zero-order chi connectivity index (χ0) is 16.7. The zero-order valence-electron chi connectivity index (χ0n) is 12.7. The van der Waals surface area contributed by atoms with Crippen LogP contribution in [0.1, 0.15) is 0 Å². The van der Waals surface area contributed by atoms with Gasteiger partial charge in [0.2, 0.25) is 0 Å². The molecule has 0 saturated heterocycles. The summed E-state index contributed by atoms with van der Waals surface area (Å²) in [4.78, 5) is 0. The Hall–Kier alpha value is -1.54. The summed E-state index contributed by atoms with van der Waals surface area (Å²) in [6.07, 6.45) is 0. The molecule has 0 radical (unpaired) electrons. The summed E-state index contributed by atoms with van der Waals surface area (Å²) in [5, 5.41) is 8.43. The van der Waals surface area contributed by atoms with Crippen molar-refractivity contribution in [1.29, 1.82) is 0 Å². The van der Waals surface area contributed by atoms with Gasteiger partial charge in [0.15, 0.2) is 0 Å². The summed E-state index contributed by atoms with van der Waals surface area (Å²) in [5.74, 6) is 0. The van der Waals surface area contributed by atoms with Crippen LogP contribution < -0.4 is 11.1 Å². The first-order chi connectivity index (χ1) is 11.6. The maximum absolute atomic E-state index is 5.99.